The minimum Gasteiger partial charge on any atom is -0.362 e. The van der Waals surface area contributed by atoms with Gasteiger partial charge in [-0.25, -0.2) is 0 Å². The van der Waals surface area contributed by atoms with Gasteiger partial charge in [-0.3, -0.25) is 19.2 Å². The summed E-state index contributed by atoms with van der Waals surface area (Å²) in [6, 6.07) is 15.6. The highest BCUT2D eigenvalue weighted by Crippen LogP contribution is 2.28. The van der Waals surface area contributed by atoms with Crippen molar-refractivity contribution in [1.29, 1.82) is 0 Å². The summed E-state index contributed by atoms with van der Waals surface area (Å²) in [7, 11) is 0. The molecule has 0 bridgehead atoms. The topological polar surface area (TPSA) is 126 Å². The summed E-state index contributed by atoms with van der Waals surface area (Å²) in [4.78, 5) is 48.3. The standard InChI is InChI=1S/C35H50N4O5/c1-27-8-6-12-30(24-27)13-7-22-37-34(42)25-44-26-35(43)39-31-17-14-29(15-18-31)16-19-32(40)38-23-20-33(41)36-21-5-4-11-28-9-2-3-10-28/h6,8,12,14-15,17-18,24,28H,2-5,7,9-11,13,16,19-23,25-26H2,1H3,(H,36,41)(H,37,42)(H,38,40)(H,39,43). The van der Waals surface area contributed by atoms with E-state index < -0.39 is 0 Å². The summed E-state index contributed by atoms with van der Waals surface area (Å²) in [6.45, 7) is 3.24. The molecule has 3 rings (SSSR count). The molecule has 0 spiro atoms. The van der Waals surface area contributed by atoms with E-state index in [1.807, 2.05) is 18.2 Å². The average molecular weight is 607 g/mol. The highest BCUT2D eigenvalue weighted by molar-refractivity contribution is 5.92. The van der Waals surface area contributed by atoms with Crippen LogP contribution in [0.15, 0.2) is 48.5 Å². The van der Waals surface area contributed by atoms with Crippen LogP contribution in [0, 0.1) is 12.8 Å². The van der Waals surface area contributed by atoms with Gasteiger partial charge < -0.3 is 26.0 Å². The van der Waals surface area contributed by atoms with Gasteiger partial charge in [-0.05, 0) is 61.8 Å². The number of carbonyl (C=O) groups is 4. The van der Waals surface area contributed by atoms with Crippen LogP contribution in [-0.4, -0.2) is 56.5 Å². The summed E-state index contributed by atoms with van der Waals surface area (Å²) in [6.07, 6.45) is 11.8. The number of carbonyl (C=O) groups excluding carboxylic acids is 4. The summed E-state index contributed by atoms with van der Waals surface area (Å²) >= 11 is 0. The molecule has 0 atom stereocenters. The summed E-state index contributed by atoms with van der Waals surface area (Å²) < 4.78 is 5.25. The van der Waals surface area contributed by atoms with E-state index in [1.165, 1.54) is 49.7 Å². The van der Waals surface area contributed by atoms with Crippen molar-refractivity contribution in [2.24, 2.45) is 5.92 Å². The van der Waals surface area contributed by atoms with Crippen molar-refractivity contribution >= 4 is 29.3 Å². The minimum atomic E-state index is -0.350. The molecule has 0 heterocycles. The minimum absolute atomic E-state index is 0.0259. The number of rotatable bonds is 20. The quantitative estimate of drug-likeness (QED) is 0.164. The Balaban J connectivity index is 1.17. The van der Waals surface area contributed by atoms with Gasteiger partial charge in [0.05, 0.1) is 0 Å². The zero-order chi connectivity index (χ0) is 31.4. The second-order valence-electron chi connectivity index (χ2n) is 11.8. The van der Waals surface area contributed by atoms with Gasteiger partial charge in [0.25, 0.3) is 0 Å². The molecular formula is C35H50N4O5. The Labute approximate surface area is 262 Å². The van der Waals surface area contributed by atoms with Crippen molar-refractivity contribution < 1.29 is 23.9 Å². The van der Waals surface area contributed by atoms with Crippen molar-refractivity contribution in [3.05, 3.63) is 65.2 Å². The normalized spacial score (nSPS) is 12.9. The summed E-state index contributed by atoms with van der Waals surface area (Å²) in [5.74, 6) is 0.167. The van der Waals surface area contributed by atoms with E-state index in [4.69, 9.17) is 4.74 Å². The van der Waals surface area contributed by atoms with Gasteiger partial charge in [0.15, 0.2) is 0 Å². The van der Waals surface area contributed by atoms with Crippen molar-refractivity contribution in [3.63, 3.8) is 0 Å². The Hall–Kier alpha value is -3.72. The lowest BCUT2D eigenvalue weighted by Crippen LogP contribution is -2.31. The first kappa shape index (κ1) is 34.8. The van der Waals surface area contributed by atoms with Crippen molar-refractivity contribution in [1.82, 2.24) is 16.0 Å². The fraction of sp³-hybridized carbons (Fsp3) is 0.543. The molecule has 2 aromatic carbocycles. The van der Waals surface area contributed by atoms with Crippen LogP contribution in [0.5, 0.6) is 0 Å². The molecule has 0 saturated heterocycles. The van der Waals surface area contributed by atoms with E-state index in [2.05, 4.69) is 46.4 Å². The van der Waals surface area contributed by atoms with E-state index in [9.17, 15) is 19.2 Å². The van der Waals surface area contributed by atoms with E-state index in [-0.39, 0.29) is 43.3 Å². The SMILES string of the molecule is Cc1cccc(CCCNC(=O)COCC(=O)Nc2ccc(CCC(=O)NCCC(=O)NCCCCC3CCCC3)cc2)c1. The van der Waals surface area contributed by atoms with Crippen molar-refractivity contribution in [2.75, 3.05) is 38.2 Å². The lowest BCUT2D eigenvalue weighted by Gasteiger charge is -2.09. The second kappa shape index (κ2) is 20.3. The Bertz CT molecular complexity index is 1180. The van der Waals surface area contributed by atoms with E-state index in [0.29, 0.717) is 38.2 Å². The molecule has 9 nitrogen and oxygen atoms in total. The Kier molecular flexibility index (Phi) is 16.0. The third kappa shape index (κ3) is 15.1. The van der Waals surface area contributed by atoms with Crippen LogP contribution in [-0.2, 0) is 36.8 Å². The van der Waals surface area contributed by atoms with E-state index in [0.717, 1.165) is 30.7 Å². The predicted molar refractivity (Wildman–Crippen MR) is 173 cm³/mol. The fourth-order valence-electron chi connectivity index (χ4n) is 5.46. The molecular weight excluding hydrogens is 556 g/mol. The fourth-order valence-corrected chi connectivity index (χ4v) is 5.46. The smallest absolute Gasteiger partial charge is 0.250 e. The van der Waals surface area contributed by atoms with E-state index >= 15 is 0 Å². The summed E-state index contributed by atoms with van der Waals surface area (Å²) in [5, 5.41) is 11.3. The molecule has 9 heteroatoms. The number of anilines is 1. The molecule has 1 aliphatic carbocycles. The van der Waals surface area contributed by atoms with Crippen molar-refractivity contribution in [3.8, 4) is 0 Å². The van der Waals surface area contributed by atoms with Crippen LogP contribution in [0.25, 0.3) is 0 Å². The molecule has 44 heavy (non-hydrogen) atoms. The molecule has 0 radical (unpaired) electrons. The maximum atomic E-state index is 12.2. The average Bonchev–Trinajstić information content (AvgIpc) is 3.52. The number of hydrogen-bond donors (Lipinski definition) is 4. The first-order valence-electron chi connectivity index (χ1n) is 16.2. The molecule has 0 aliphatic heterocycles. The number of unbranched alkanes of at least 4 members (excludes halogenated alkanes) is 1. The first-order chi connectivity index (χ1) is 21.4. The van der Waals surface area contributed by atoms with Crippen LogP contribution in [0.1, 0.15) is 80.9 Å². The van der Waals surface area contributed by atoms with Gasteiger partial charge in [0.1, 0.15) is 13.2 Å². The molecule has 240 valence electrons. The molecule has 1 saturated carbocycles. The highest BCUT2D eigenvalue weighted by Gasteiger charge is 2.14. The molecule has 2 aromatic rings. The highest BCUT2D eigenvalue weighted by atomic mass is 16.5. The Morgan fingerprint density at radius 1 is 0.705 bits per heavy atom. The van der Waals surface area contributed by atoms with Gasteiger partial charge in [-0.1, -0.05) is 80.5 Å². The maximum Gasteiger partial charge on any atom is 0.250 e. The second-order valence-corrected chi connectivity index (χ2v) is 11.8. The largest absolute Gasteiger partial charge is 0.362 e. The number of hydrogen-bond acceptors (Lipinski definition) is 5. The van der Waals surface area contributed by atoms with Crippen LogP contribution in [0.2, 0.25) is 0 Å². The van der Waals surface area contributed by atoms with Crippen LogP contribution in [0.3, 0.4) is 0 Å². The number of benzene rings is 2. The molecule has 4 N–H and O–H groups in total. The van der Waals surface area contributed by atoms with Crippen LogP contribution >= 0.6 is 0 Å². The monoisotopic (exact) mass is 606 g/mol. The van der Waals surface area contributed by atoms with Gasteiger partial charge in [0.2, 0.25) is 23.6 Å². The maximum absolute atomic E-state index is 12.2. The summed E-state index contributed by atoms with van der Waals surface area (Å²) in [5.41, 5.74) is 4.03. The third-order valence-electron chi connectivity index (χ3n) is 7.90. The van der Waals surface area contributed by atoms with Gasteiger partial charge in [-0.15, -0.1) is 0 Å². The molecule has 4 amide bonds. The number of nitrogens with one attached hydrogen (secondary N) is 4. The number of aryl methyl sites for hydroxylation is 3. The molecule has 0 aromatic heterocycles. The Morgan fingerprint density at radius 2 is 1.39 bits per heavy atom. The van der Waals surface area contributed by atoms with E-state index in [1.54, 1.807) is 12.1 Å². The zero-order valence-electron chi connectivity index (χ0n) is 26.3. The van der Waals surface area contributed by atoms with Crippen LogP contribution in [0.4, 0.5) is 5.69 Å². The lowest BCUT2D eigenvalue weighted by molar-refractivity contribution is -0.129. The molecule has 1 aliphatic rings. The predicted octanol–water partition coefficient (Wildman–Crippen LogP) is 4.61. The molecule has 0 unspecified atom stereocenters. The van der Waals surface area contributed by atoms with Gasteiger partial charge >= 0.3 is 0 Å². The zero-order valence-corrected chi connectivity index (χ0v) is 26.3. The number of ether oxygens (including phenoxy) is 1. The van der Waals surface area contributed by atoms with Gasteiger partial charge in [0, 0.05) is 38.2 Å². The first-order valence-corrected chi connectivity index (χ1v) is 16.2. The third-order valence-corrected chi connectivity index (χ3v) is 7.90. The molecule has 1 fully saturated rings. The lowest BCUT2D eigenvalue weighted by atomic mass is 10.0. The van der Waals surface area contributed by atoms with Crippen molar-refractivity contribution in [2.45, 2.75) is 84.0 Å². The van der Waals surface area contributed by atoms with Crippen LogP contribution < -0.4 is 21.3 Å². The Morgan fingerprint density at radius 3 is 2.16 bits per heavy atom. The number of amides is 4. The van der Waals surface area contributed by atoms with Gasteiger partial charge in [-0.2, -0.15) is 0 Å².